The van der Waals surface area contributed by atoms with Crippen molar-refractivity contribution in [2.45, 2.75) is 37.3 Å². The van der Waals surface area contributed by atoms with Crippen molar-refractivity contribution in [1.29, 1.82) is 0 Å². The van der Waals surface area contributed by atoms with Crippen LogP contribution in [-0.4, -0.2) is 23.4 Å². The molecule has 1 N–H and O–H groups in total. The van der Waals surface area contributed by atoms with E-state index in [1.807, 2.05) is 0 Å². The molecule has 0 saturated carbocycles. The van der Waals surface area contributed by atoms with Crippen molar-refractivity contribution in [1.82, 2.24) is 0 Å². The molecular weight excluding hydrogens is 460 g/mol. The average Bonchev–Trinajstić information content (AvgIpc) is 2.79. The molecule has 34 heavy (non-hydrogen) atoms. The summed E-state index contributed by atoms with van der Waals surface area (Å²) in [7, 11) is 0. The fraction of sp³-hybridized carbons (Fsp3) is 0.240. The zero-order chi connectivity index (χ0) is 24.7. The topological polar surface area (TPSA) is 40.5 Å². The lowest BCUT2D eigenvalue weighted by atomic mass is 9.87. The van der Waals surface area contributed by atoms with E-state index in [0.29, 0.717) is 23.3 Å². The molecule has 0 atom stereocenters. The van der Waals surface area contributed by atoms with E-state index >= 15 is 0 Å². The molecule has 0 aromatic heterocycles. The molecule has 3 nitrogen and oxygen atoms in total. The smallest absolute Gasteiger partial charge is 0.369 e. The Kier molecular flexibility index (Phi) is 5.93. The van der Waals surface area contributed by atoms with Crippen LogP contribution in [0.15, 0.2) is 72.8 Å². The van der Waals surface area contributed by atoms with E-state index in [-0.39, 0.29) is 30.6 Å². The first-order valence-corrected chi connectivity index (χ1v) is 10.4. The number of alkyl halides is 6. The van der Waals surface area contributed by atoms with E-state index in [1.54, 1.807) is 54.6 Å². The standard InChI is InChI=1S/C25H19F6NO2/c26-24(27,28)23(34,25(29,30)31)19-12-13-21-18(14-19)11-10-17-8-4-5-9-20(17)22(33)32(21)15-16-6-2-1-3-7-16/h1-9,12-14,34H,10-11,15H2. The van der Waals surface area contributed by atoms with Gasteiger partial charge in [-0.3, -0.25) is 4.79 Å². The molecule has 1 heterocycles. The van der Waals surface area contributed by atoms with Crippen molar-refractivity contribution >= 4 is 11.6 Å². The van der Waals surface area contributed by atoms with Crippen LogP contribution < -0.4 is 4.90 Å². The van der Waals surface area contributed by atoms with Crippen LogP contribution in [0.25, 0.3) is 0 Å². The van der Waals surface area contributed by atoms with Crippen molar-refractivity contribution in [3.05, 3.63) is 101 Å². The molecule has 0 bridgehead atoms. The fourth-order valence-electron chi connectivity index (χ4n) is 4.16. The third-order valence-electron chi connectivity index (χ3n) is 5.95. The molecule has 1 aliphatic heterocycles. The number of aliphatic hydroxyl groups is 1. The molecule has 0 unspecified atom stereocenters. The molecule has 178 valence electrons. The Morgan fingerprint density at radius 1 is 0.765 bits per heavy atom. The highest BCUT2D eigenvalue weighted by molar-refractivity contribution is 6.07. The Hall–Kier alpha value is -3.33. The lowest BCUT2D eigenvalue weighted by Gasteiger charge is -2.34. The van der Waals surface area contributed by atoms with Gasteiger partial charge in [0.15, 0.2) is 0 Å². The largest absolute Gasteiger partial charge is 0.430 e. The van der Waals surface area contributed by atoms with Crippen LogP contribution >= 0.6 is 0 Å². The predicted octanol–water partition coefficient (Wildman–Crippen LogP) is 5.94. The predicted molar refractivity (Wildman–Crippen MR) is 113 cm³/mol. The maximum atomic E-state index is 13.5. The number of amides is 1. The molecular formula is C25H19F6NO2. The van der Waals surface area contributed by atoms with Gasteiger partial charge in [0.05, 0.1) is 6.54 Å². The molecule has 0 spiro atoms. The summed E-state index contributed by atoms with van der Waals surface area (Å²) in [5.74, 6) is -0.421. The summed E-state index contributed by atoms with van der Waals surface area (Å²) in [6, 6.07) is 17.9. The van der Waals surface area contributed by atoms with Crippen molar-refractivity contribution < 1.29 is 36.2 Å². The number of carbonyl (C=O) groups is 1. The molecule has 4 rings (SSSR count). The Balaban J connectivity index is 1.88. The molecule has 1 amide bonds. The van der Waals surface area contributed by atoms with Crippen LogP contribution in [-0.2, 0) is 25.0 Å². The summed E-state index contributed by atoms with van der Waals surface area (Å²) >= 11 is 0. The van der Waals surface area contributed by atoms with Gasteiger partial charge in [-0.05, 0) is 41.7 Å². The summed E-state index contributed by atoms with van der Waals surface area (Å²) in [6.07, 6.45) is -11.7. The molecule has 0 aliphatic carbocycles. The monoisotopic (exact) mass is 479 g/mol. The van der Waals surface area contributed by atoms with Gasteiger partial charge in [0.2, 0.25) is 0 Å². The van der Waals surface area contributed by atoms with Crippen LogP contribution in [0.5, 0.6) is 0 Å². The lowest BCUT2D eigenvalue weighted by molar-refractivity contribution is -0.376. The van der Waals surface area contributed by atoms with Gasteiger partial charge in [0, 0.05) is 16.8 Å². The van der Waals surface area contributed by atoms with Gasteiger partial charge in [-0.2, -0.15) is 26.3 Å². The third kappa shape index (κ3) is 4.04. The molecule has 3 aromatic rings. The first-order chi connectivity index (χ1) is 15.9. The lowest BCUT2D eigenvalue weighted by Crippen LogP contribution is -2.54. The fourth-order valence-corrected chi connectivity index (χ4v) is 4.16. The number of aryl methyl sites for hydroxylation is 2. The normalized spacial score (nSPS) is 14.8. The van der Waals surface area contributed by atoms with Crippen LogP contribution in [0.3, 0.4) is 0 Å². The van der Waals surface area contributed by atoms with Crippen LogP contribution in [0.2, 0.25) is 0 Å². The summed E-state index contributed by atoms with van der Waals surface area (Å²) in [5.41, 5.74) is -4.32. The number of hydrogen-bond donors (Lipinski definition) is 1. The maximum Gasteiger partial charge on any atom is 0.430 e. The van der Waals surface area contributed by atoms with Crippen LogP contribution in [0.1, 0.15) is 32.6 Å². The number of benzene rings is 3. The van der Waals surface area contributed by atoms with E-state index in [4.69, 9.17) is 0 Å². The number of fused-ring (bicyclic) bond motifs is 2. The highest BCUT2D eigenvalue weighted by atomic mass is 19.4. The number of nitrogens with zero attached hydrogens (tertiary/aromatic N) is 1. The zero-order valence-corrected chi connectivity index (χ0v) is 17.6. The molecule has 0 fully saturated rings. The van der Waals surface area contributed by atoms with E-state index in [0.717, 1.165) is 11.6 Å². The van der Waals surface area contributed by atoms with Gasteiger partial charge < -0.3 is 10.0 Å². The molecule has 3 aromatic carbocycles. The zero-order valence-electron chi connectivity index (χ0n) is 17.6. The van der Waals surface area contributed by atoms with Gasteiger partial charge in [-0.15, -0.1) is 0 Å². The van der Waals surface area contributed by atoms with Gasteiger partial charge in [0.25, 0.3) is 11.5 Å². The second kappa shape index (κ2) is 8.47. The van der Waals surface area contributed by atoms with Gasteiger partial charge in [-0.25, -0.2) is 0 Å². The van der Waals surface area contributed by atoms with Crippen molar-refractivity contribution in [3.8, 4) is 0 Å². The van der Waals surface area contributed by atoms with Crippen LogP contribution in [0, 0.1) is 0 Å². The molecule has 0 saturated heterocycles. The number of anilines is 1. The molecule has 0 radical (unpaired) electrons. The van der Waals surface area contributed by atoms with E-state index in [9.17, 15) is 36.2 Å². The summed E-state index contributed by atoms with van der Waals surface area (Å²) < 4.78 is 80.7. The summed E-state index contributed by atoms with van der Waals surface area (Å²) in [6.45, 7) is 0.0587. The quantitative estimate of drug-likeness (QED) is 0.472. The number of rotatable bonds is 3. The number of carbonyl (C=O) groups excluding carboxylic acids is 1. The average molecular weight is 479 g/mol. The van der Waals surface area contributed by atoms with Gasteiger partial charge in [-0.1, -0.05) is 60.7 Å². The van der Waals surface area contributed by atoms with Gasteiger partial charge >= 0.3 is 12.4 Å². The van der Waals surface area contributed by atoms with Gasteiger partial charge in [0.1, 0.15) is 0 Å². The maximum absolute atomic E-state index is 13.5. The summed E-state index contributed by atoms with van der Waals surface area (Å²) in [4.78, 5) is 14.8. The Labute approximate surface area is 191 Å². The van der Waals surface area contributed by atoms with E-state index in [2.05, 4.69) is 0 Å². The van der Waals surface area contributed by atoms with Crippen molar-refractivity contribution in [3.63, 3.8) is 0 Å². The molecule has 9 heteroatoms. The minimum absolute atomic E-state index is 0.0587. The Morgan fingerprint density at radius 2 is 1.35 bits per heavy atom. The van der Waals surface area contributed by atoms with Crippen LogP contribution in [0.4, 0.5) is 32.0 Å². The Morgan fingerprint density at radius 3 is 2.00 bits per heavy atom. The number of halogens is 6. The highest BCUT2D eigenvalue weighted by Crippen LogP contribution is 2.50. The minimum atomic E-state index is -5.99. The van der Waals surface area contributed by atoms with Crippen molar-refractivity contribution in [2.24, 2.45) is 0 Å². The minimum Gasteiger partial charge on any atom is -0.369 e. The van der Waals surface area contributed by atoms with Crippen molar-refractivity contribution in [2.75, 3.05) is 4.90 Å². The SMILES string of the molecule is O=C1c2ccccc2CCc2cc(C(O)(C(F)(F)F)C(F)(F)F)ccc2N1Cc1ccccc1. The van der Waals surface area contributed by atoms with E-state index in [1.165, 1.54) is 4.90 Å². The summed E-state index contributed by atoms with van der Waals surface area (Å²) in [5, 5.41) is 9.86. The first-order valence-electron chi connectivity index (χ1n) is 10.4. The highest BCUT2D eigenvalue weighted by Gasteiger charge is 2.71. The number of hydrogen-bond acceptors (Lipinski definition) is 2. The Bertz CT molecular complexity index is 1190. The first kappa shape index (κ1) is 23.8. The second-order valence-electron chi connectivity index (χ2n) is 8.08. The van der Waals surface area contributed by atoms with E-state index < -0.39 is 29.4 Å². The third-order valence-corrected chi connectivity index (χ3v) is 5.95. The second-order valence-corrected chi connectivity index (χ2v) is 8.08. The molecule has 1 aliphatic rings.